The number of hydrogen-bond acceptors (Lipinski definition) is 8. The third-order valence-corrected chi connectivity index (χ3v) is 4.72. The number of amides is 1. The van der Waals surface area contributed by atoms with Crippen molar-refractivity contribution in [3.8, 4) is 17.6 Å². The molecule has 0 aliphatic rings. The average Bonchev–Trinajstić information content (AvgIpc) is 2.80. The number of benzene rings is 2. The molecule has 2 aromatic carbocycles. The van der Waals surface area contributed by atoms with E-state index in [-0.39, 0.29) is 11.1 Å². The Morgan fingerprint density at radius 2 is 1.88 bits per heavy atom. The molecule has 10 nitrogen and oxygen atoms in total. The molecule has 2 rings (SSSR count). The number of carbonyl (C=O) groups excluding carboxylic acids is 2. The first kappa shape index (κ1) is 24.9. The maximum absolute atomic E-state index is 12.5. The number of ether oxygens (including phenoxy) is 2. The van der Waals surface area contributed by atoms with E-state index in [0.717, 1.165) is 18.2 Å². The third kappa shape index (κ3) is 6.30. The van der Waals surface area contributed by atoms with E-state index in [1.54, 1.807) is 57.2 Å². The Kier molecular flexibility index (Phi) is 8.51. The molecule has 0 bridgehead atoms. The SMILES string of the molecule is CCN(CC)C(=O)/C(C#N)=C/c1cc(OC(=O)OC(C)c2ccccc2)c(O)c([N+](=O)[O-])c1. The molecule has 0 aliphatic carbocycles. The average molecular weight is 453 g/mol. The number of nitro benzene ring substituents is 1. The summed E-state index contributed by atoms with van der Waals surface area (Å²) in [6.07, 6.45) is -0.759. The largest absolute Gasteiger partial charge is 0.514 e. The third-order valence-electron chi connectivity index (χ3n) is 4.72. The first-order valence-electron chi connectivity index (χ1n) is 10.1. The molecular weight excluding hydrogens is 430 g/mol. The number of nitriles is 1. The predicted molar refractivity (Wildman–Crippen MR) is 118 cm³/mol. The standard InChI is InChI=1S/C23H23N3O7/c1-4-25(5-2)22(28)18(14-24)11-16-12-19(26(30)31)21(27)20(13-16)33-23(29)32-15(3)17-9-7-6-8-10-17/h6-13,15,27H,4-5H2,1-3H3/b18-11+. The first-order chi connectivity index (χ1) is 15.7. The van der Waals surface area contributed by atoms with Gasteiger partial charge in [0, 0.05) is 19.2 Å². The second-order valence-corrected chi connectivity index (χ2v) is 6.81. The maximum atomic E-state index is 12.5. The molecule has 0 heterocycles. The topological polar surface area (TPSA) is 143 Å². The van der Waals surface area contributed by atoms with Crippen molar-refractivity contribution in [2.45, 2.75) is 26.9 Å². The van der Waals surface area contributed by atoms with E-state index in [9.17, 15) is 30.1 Å². The summed E-state index contributed by atoms with van der Waals surface area (Å²) in [5, 5.41) is 31.0. The van der Waals surface area contributed by atoms with E-state index in [1.165, 1.54) is 4.90 Å². The second kappa shape index (κ2) is 11.3. The number of aromatic hydroxyl groups is 1. The molecule has 33 heavy (non-hydrogen) atoms. The van der Waals surface area contributed by atoms with Crippen LogP contribution in [0.5, 0.6) is 11.5 Å². The Bertz CT molecular complexity index is 1100. The van der Waals surface area contributed by atoms with Gasteiger partial charge in [0.05, 0.1) is 4.92 Å². The van der Waals surface area contributed by atoms with Crippen molar-refractivity contribution in [3.05, 3.63) is 69.3 Å². The van der Waals surface area contributed by atoms with Gasteiger partial charge in [-0.2, -0.15) is 5.26 Å². The summed E-state index contributed by atoms with van der Waals surface area (Å²) in [6.45, 7) is 5.83. The highest BCUT2D eigenvalue weighted by Gasteiger charge is 2.24. The van der Waals surface area contributed by atoms with E-state index in [2.05, 4.69) is 0 Å². The van der Waals surface area contributed by atoms with Crippen LogP contribution in [0, 0.1) is 21.4 Å². The van der Waals surface area contributed by atoms with Crippen molar-refractivity contribution in [2.75, 3.05) is 13.1 Å². The molecule has 172 valence electrons. The van der Waals surface area contributed by atoms with Gasteiger partial charge in [0.25, 0.3) is 5.91 Å². The van der Waals surface area contributed by atoms with Crippen molar-refractivity contribution in [1.29, 1.82) is 5.26 Å². The van der Waals surface area contributed by atoms with Gasteiger partial charge in [-0.15, -0.1) is 0 Å². The van der Waals surface area contributed by atoms with Crippen LogP contribution in [0.15, 0.2) is 48.0 Å². The minimum Gasteiger partial charge on any atom is -0.499 e. The van der Waals surface area contributed by atoms with Gasteiger partial charge in [-0.25, -0.2) is 4.79 Å². The molecule has 10 heteroatoms. The summed E-state index contributed by atoms with van der Waals surface area (Å²) in [4.78, 5) is 36.6. The van der Waals surface area contributed by atoms with Crippen molar-refractivity contribution >= 4 is 23.8 Å². The van der Waals surface area contributed by atoms with Gasteiger partial charge in [-0.3, -0.25) is 14.9 Å². The van der Waals surface area contributed by atoms with Gasteiger partial charge in [0.2, 0.25) is 5.75 Å². The van der Waals surface area contributed by atoms with Crippen LogP contribution < -0.4 is 4.74 Å². The number of phenolic OH excluding ortho intramolecular Hbond substituents is 1. The number of phenols is 1. The smallest absolute Gasteiger partial charge is 0.499 e. The molecule has 0 aliphatic heterocycles. The number of carbonyl (C=O) groups is 2. The zero-order valence-corrected chi connectivity index (χ0v) is 18.3. The highest BCUT2D eigenvalue weighted by Crippen LogP contribution is 2.38. The molecule has 0 aromatic heterocycles. The Hall–Kier alpha value is -4.39. The number of rotatable bonds is 8. The summed E-state index contributed by atoms with van der Waals surface area (Å²) in [6, 6.07) is 12.6. The Morgan fingerprint density at radius 1 is 1.24 bits per heavy atom. The number of likely N-dealkylation sites (N-methyl/N-ethyl adjacent to an activating group) is 1. The summed E-state index contributed by atoms with van der Waals surface area (Å²) in [5.74, 6) is -2.00. The van der Waals surface area contributed by atoms with Gasteiger partial charge in [-0.05, 0) is 44.0 Å². The summed E-state index contributed by atoms with van der Waals surface area (Å²) in [7, 11) is 0. The quantitative estimate of drug-likeness (QED) is 0.155. The molecule has 0 spiro atoms. The lowest BCUT2D eigenvalue weighted by Gasteiger charge is -2.17. The first-order valence-corrected chi connectivity index (χ1v) is 10.1. The number of nitrogens with zero attached hydrogens (tertiary/aromatic N) is 3. The lowest BCUT2D eigenvalue weighted by molar-refractivity contribution is -0.385. The van der Waals surface area contributed by atoms with Crippen LogP contribution in [-0.2, 0) is 9.53 Å². The maximum Gasteiger partial charge on any atom is 0.514 e. The van der Waals surface area contributed by atoms with Gasteiger partial charge < -0.3 is 19.5 Å². The zero-order chi connectivity index (χ0) is 24.5. The van der Waals surface area contributed by atoms with Crippen LogP contribution in [0.3, 0.4) is 0 Å². The van der Waals surface area contributed by atoms with Crippen molar-refractivity contribution < 1.29 is 29.1 Å². The van der Waals surface area contributed by atoms with Gasteiger partial charge in [0.15, 0.2) is 5.75 Å². The van der Waals surface area contributed by atoms with Gasteiger partial charge in [-0.1, -0.05) is 30.3 Å². The molecule has 1 unspecified atom stereocenters. The molecule has 1 atom stereocenters. The molecule has 0 fully saturated rings. The van der Waals surface area contributed by atoms with E-state index in [1.807, 2.05) is 0 Å². The number of nitro groups is 1. The van der Waals surface area contributed by atoms with Crippen molar-refractivity contribution in [1.82, 2.24) is 4.90 Å². The van der Waals surface area contributed by atoms with E-state index in [4.69, 9.17) is 9.47 Å². The minimum atomic E-state index is -1.20. The lowest BCUT2D eigenvalue weighted by Crippen LogP contribution is -2.31. The van der Waals surface area contributed by atoms with Crippen molar-refractivity contribution in [3.63, 3.8) is 0 Å². The Labute approximate surface area is 190 Å². The molecule has 0 saturated heterocycles. The molecular formula is C23H23N3O7. The minimum absolute atomic E-state index is 0.00969. The van der Waals surface area contributed by atoms with E-state index >= 15 is 0 Å². The van der Waals surface area contributed by atoms with Gasteiger partial charge >= 0.3 is 11.8 Å². The summed E-state index contributed by atoms with van der Waals surface area (Å²) in [5.41, 5.74) is -0.342. The fourth-order valence-electron chi connectivity index (χ4n) is 2.95. The number of hydrogen-bond donors (Lipinski definition) is 1. The van der Waals surface area contributed by atoms with Crippen molar-refractivity contribution in [2.24, 2.45) is 0 Å². The lowest BCUT2D eigenvalue weighted by atomic mass is 10.1. The molecule has 1 amide bonds. The summed E-state index contributed by atoms with van der Waals surface area (Å²) >= 11 is 0. The monoisotopic (exact) mass is 453 g/mol. The summed E-state index contributed by atoms with van der Waals surface area (Å²) < 4.78 is 10.2. The molecule has 0 radical (unpaired) electrons. The van der Waals surface area contributed by atoms with Crippen LogP contribution in [-0.4, -0.2) is 40.1 Å². The van der Waals surface area contributed by atoms with Gasteiger partial charge in [0.1, 0.15) is 17.7 Å². The van der Waals surface area contributed by atoms with Crippen LogP contribution >= 0.6 is 0 Å². The second-order valence-electron chi connectivity index (χ2n) is 6.81. The van der Waals surface area contributed by atoms with E-state index in [0.29, 0.717) is 18.7 Å². The van der Waals surface area contributed by atoms with Crippen LogP contribution in [0.25, 0.3) is 6.08 Å². The zero-order valence-electron chi connectivity index (χ0n) is 18.3. The molecule has 1 N–H and O–H groups in total. The molecule has 2 aromatic rings. The normalized spacial score (nSPS) is 11.8. The molecule has 0 saturated carbocycles. The predicted octanol–water partition coefficient (Wildman–Crippen LogP) is 4.35. The highest BCUT2D eigenvalue weighted by atomic mass is 16.7. The Morgan fingerprint density at radius 3 is 2.42 bits per heavy atom. The van der Waals surface area contributed by atoms with E-state index < -0.39 is 40.3 Å². The van der Waals surface area contributed by atoms with Crippen LogP contribution in [0.1, 0.15) is 38.0 Å². The van der Waals surface area contributed by atoms with Crippen LogP contribution in [0.2, 0.25) is 0 Å². The Balaban J connectivity index is 2.37. The van der Waals surface area contributed by atoms with Crippen LogP contribution in [0.4, 0.5) is 10.5 Å². The fraction of sp³-hybridized carbons (Fsp3) is 0.261. The highest BCUT2D eigenvalue weighted by molar-refractivity contribution is 6.01. The fourth-order valence-corrected chi connectivity index (χ4v) is 2.95.